The van der Waals surface area contributed by atoms with E-state index in [1.54, 1.807) is 6.92 Å². The molecular formula is C10H9Br2F2NO2. The van der Waals surface area contributed by atoms with Crippen LogP contribution in [0.15, 0.2) is 10.8 Å². The zero-order valence-corrected chi connectivity index (χ0v) is 12.0. The van der Waals surface area contributed by atoms with Gasteiger partial charge in [0.2, 0.25) is 0 Å². The maximum atomic E-state index is 12.8. The molecule has 0 atom stereocenters. The van der Waals surface area contributed by atoms with Crippen LogP contribution in [0.2, 0.25) is 0 Å². The number of halogens is 4. The first-order valence-corrected chi connectivity index (χ1v) is 6.62. The van der Waals surface area contributed by atoms with Crippen molar-refractivity contribution in [2.75, 3.05) is 6.61 Å². The van der Waals surface area contributed by atoms with Crippen molar-refractivity contribution in [2.24, 2.45) is 0 Å². The number of hydrogen-bond acceptors (Lipinski definition) is 3. The van der Waals surface area contributed by atoms with E-state index in [0.29, 0.717) is 10.2 Å². The van der Waals surface area contributed by atoms with Crippen LogP contribution in [-0.2, 0) is 10.1 Å². The molecule has 0 amide bonds. The van der Waals surface area contributed by atoms with Gasteiger partial charge in [-0.25, -0.2) is 18.6 Å². The van der Waals surface area contributed by atoms with Crippen LogP contribution in [0.3, 0.4) is 0 Å². The number of carbonyl (C=O) groups excluding carboxylic acids is 1. The smallest absolute Gasteiger partial charge is 0.339 e. The molecule has 0 bridgehead atoms. The number of ether oxygens (including phenoxy) is 1. The first kappa shape index (κ1) is 14.5. The Bertz CT molecular complexity index is 427. The average molecular weight is 373 g/mol. The summed E-state index contributed by atoms with van der Waals surface area (Å²) in [6.45, 7) is 1.74. The largest absolute Gasteiger partial charge is 0.462 e. The summed E-state index contributed by atoms with van der Waals surface area (Å²) in [5, 5.41) is 0.231. The molecular weight excluding hydrogens is 364 g/mol. The highest BCUT2D eigenvalue weighted by molar-refractivity contribution is 9.10. The van der Waals surface area contributed by atoms with Gasteiger partial charge in [-0.1, -0.05) is 15.9 Å². The molecule has 0 aromatic carbocycles. The van der Waals surface area contributed by atoms with Gasteiger partial charge in [0, 0.05) is 17.1 Å². The Balaban J connectivity index is 3.38. The van der Waals surface area contributed by atoms with Gasteiger partial charge in [-0.3, -0.25) is 0 Å². The van der Waals surface area contributed by atoms with Gasteiger partial charge in [0.25, 0.3) is 6.43 Å². The molecule has 1 aromatic heterocycles. The van der Waals surface area contributed by atoms with Crippen LogP contribution in [0.5, 0.6) is 0 Å². The normalized spacial score (nSPS) is 10.7. The van der Waals surface area contributed by atoms with Crippen molar-refractivity contribution in [3.05, 3.63) is 27.5 Å². The Labute approximate surface area is 114 Å². The number of nitrogens with zero attached hydrogens (tertiary/aromatic N) is 1. The highest BCUT2D eigenvalue weighted by Gasteiger charge is 2.25. The first-order chi connectivity index (χ1) is 8.02. The van der Waals surface area contributed by atoms with Gasteiger partial charge in [0.15, 0.2) is 0 Å². The third-order valence-electron chi connectivity index (χ3n) is 2.00. The maximum Gasteiger partial charge on any atom is 0.339 e. The second-order valence-electron chi connectivity index (χ2n) is 3.01. The predicted molar refractivity (Wildman–Crippen MR) is 65.5 cm³/mol. The van der Waals surface area contributed by atoms with E-state index in [9.17, 15) is 13.6 Å². The second-order valence-corrected chi connectivity index (χ2v) is 4.32. The molecule has 7 heteroatoms. The highest BCUT2D eigenvalue weighted by atomic mass is 79.9. The molecule has 0 unspecified atom stereocenters. The number of carbonyl (C=O) groups is 1. The molecule has 0 aliphatic rings. The monoisotopic (exact) mass is 371 g/mol. The minimum atomic E-state index is -2.77. The van der Waals surface area contributed by atoms with Crippen LogP contribution in [-0.4, -0.2) is 17.6 Å². The number of aromatic nitrogens is 1. The molecule has 0 aliphatic heterocycles. The third kappa shape index (κ3) is 3.22. The number of rotatable bonds is 4. The van der Waals surface area contributed by atoms with Crippen molar-refractivity contribution in [3.8, 4) is 0 Å². The fourth-order valence-electron chi connectivity index (χ4n) is 1.28. The molecule has 0 spiro atoms. The Morgan fingerprint density at radius 2 is 2.24 bits per heavy atom. The summed E-state index contributed by atoms with van der Waals surface area (Å²) in [7, 11) is 0. The fourth-order valence-corrected chi connectivity index (χ4v) is 2.64. The molecule has 0 saturated carbocycles. The quantitative estimate of drug-likeness (QED) is 0.457. The minimum absolute atomic E-state index is 0.124. The van der Waals surface area contributed by atoms with Gasteiger partial charge in [-0.2, -0.15) is 0 Å². The zero-order valence-electron chi connectivity index (χ0n) is 8.84. The number of alkyl halides is 3. The summed E-state index contributed by atoms with van der Waals surface area (Å²) < 4.78 is 30.7. The van der Waals surface area contributed by atoms with Crippen molar-refractivity contribution in [3.63, 3.8) is 0 Å². The lowest BCUT2D eigenvalue weighted by atomic mass is 10.1. The van der Waals surface area contributed by atoms with Crippen LogP contribution in [0.4, 0.5) is 8.78 Å². The van der Waals surface area contributed by atoms with Crippen molar-refractivity contribution < 1.29 is 18.3 Å². The van der Waals surface area contributed by atoms with E-state index < -0.39 is 18.0 Å². The zero-order chi connectivity index (χ0) is 13.0. The molecule has 0 fully saturated rings. The van der Waals surface area contributed by atoms with E-state index in [2.05, 4.69) is 36.8 Å². The number of hydrogen-bond donors (Lipinski definition) is 0. The lowest BCUT2D eigenvalue weighted by Crippen LogP contribution is -2.13. The van der Waals surface area contributed by atoms with Crippen LogP contribution in [0.25, 0.3) is 0 Å². The van der Waals surface area contributed by atoms with Gasteiger partial charge >= 0.3 is 5.97 Å². The molecule has 0 N–H and O–H groups in total. The Kier molecular flexibility index (Phi) is 5.45. The molecule has 0 saturated heterocycles. The molecule has 0 radical (unpaired) electrons. The number of esters is 1. The van der Waals surface area contributed by atoms with Gasteiger partial charge in [-0.15, -0.1) is 0 Å². The van der Waals surface area contributed by atoms with E-state index in [1.807, 2.05) is 0 Å². The second kappa shape index (κ2) is 6.39. The van der Waals surface area contributed by atoms with E-state index in [4.69, 9.17) is 4.74 Å². The molecule has 3 nitrogen and oxygen atoms in total. The van der Waals surface area contributed by atoms with Gasteiger partial charge in [-0.05, 0) is 22.9 Å². The summed E-state index contributed by atoms with van der Waals surface area (Å²) >= 11 is 6.26. The minimum Gasteiger partial charge on any atom is -0.462 e. The van der Waals surface area contributed by atoms with E-state index in [-0.39, 0.29) is 17.5 Å². The van der Waals surface area contributed by atoms with Crippen molar-refractivity contribution >= 4 is 37.8 Å². The highest BCUT2D eigenvalue weighted by Crippen LogP contribution is 2.30. The number of pyridine rings is 1. The fraction of sp³-hybridized carbons (Fsp3) is 0.400. The Morgan fingerprint density at radius 1 is 1.59 bits per heavy atom. The first-order valence-electron chi connectivity index (χ1n) is 4.71. The third-order valence-corrected chi connectivity index (χ3v) is 3.25. The lowest BCUT2D eigenvalue weighted by Gasteiger charge is -2.12. The molecule has 1 aromatic rings. The van der Waals surface area contributed by atoms with E-state index in [1.165, 1.54) is 0 Å². The molecule has 0 aliphatic carbocycles. The molecule has 1 heterocycles. The van der Waals surface area contributed by atoms with Crippen LogP contribution in [0, 0.1) is 0 Å². The summed E-state index contributed by atoms with van der Waals surface area (Å²) in [5.74, 6) is -0.764. The summed E-state index contributed by atoms with van der Waals surface area (Å²) in [6.07, 6.45) is -1.79. The van der Waals surface area contributed by atoms with Gasteiger partial charge < -0.3 is 4.74 Å². The van der Waals surface area contributed by atoms with Crippen molar-refractivity contribution in [2.45, 2.75) is 18.7 Å². The van der Waals surface area contributed by atoms with Gasteiger partial charge in [0.05, 0.1) is 17.7 Å². The van der Waals surface area contributed by atoms with Crippen molar-refractivity contribution in [1.29, 1.82) is 0 Å². The SMILES string of the molecule is CCOC(=O)c1c(C(F)F)cnc(Br)c1CBr. The lowest BCUT2D eigenvalue weighted by molar-refractivity contribution is 0.0514. The molecule has 1 rings (SSSR count). The average Bonchev–Trinajstić information content (AvgIpc) is 2.28. The van der Waals surface area contributed by atoms with Gasteiger partial charge in [0.1, 0.15) is 4.60 Å². The Morgan fingerprint density at radius 3 is 2.71 bits per heavy atom. The maximum absolute atomic E-state index is 12.8. The summed E-state index contributed by atoms with van der Waals surface area (Å²) in [5.41, 5.74) is -0.178. The standard InChI is InChI=1S/C10H9Br2F2NO2/c1-2-17-10(16)7-5(3-11)8(12)15-4-6(7)9(13)14/h4,9H,2-3H2,1H3. The summed E-state index contributed by atoms with van der Waals surface area (Å²) in [6, 6.07) is 0. The van der Waals surface area contributed by atoms with Crippen LogP contribution in [0.1, 0.15) is 34.8 Å². The predicted octanol–water partition coefficient (Wildman–Crippen LogP) is 3.85. The van der Waals surface area contributed by atoms with Crippen molar-refractivity contribution in [1.82, 2.24) is 4.98 Å². The molecule has 17 heavy (non-hydrogen) atoms. The van der Waals surface area contributed by atoms with Crippen LogP contribution < -0.4 is 0 Å². The van der Waals surface area contributed by atoms with E-state index in [0.717, 1.165) is 6.20 Å². The Hall–Kier alpha value is -0.560. The van der Waals surface area contributed by atoms with E-state index >= 15 is 0 Å². The van der Waals surface area contributed by atoms with Crippen LogP contribution >= 0.6 is 31.9 Å². The molecule has 94 valence electrons. The summed E-state index contributed by atoms with van der Waals surface area (Å²) in [4.78, 5) is 15.5. The topological polar surface area (TPSA) is 39.2 Å².